The van der Waals surface area contributed by atoms with Gasteiger partial charge in [-0.25, -0.2) is 4.98 Å². The summed E-state index contributed by atoms with van der Waals surface area (Å²) < 4.78 is 0. The van der Waals surface area contributed by atoms with E-state index < -0.39 is 0 Å². The number of allylic oxidation sites excluding steroid dienone is 3. The SMILES string of the molecule is C=C/C(=C\C(=C/C)c1ccc2[nH]nc(-c3nc4c(N5CCCCC5)cncc4[nH]3)c2c1)CNCC1CCCC1. The number of imidazole rings is 1. The molecule has 1 aliphatic carbocycles. The number of rotatable bonds is 9. The highest BCUT2D eigenvalue weighted by Crippen LogP contribution is 2.32. The highest BCUT2D eigenvalue weighted by Gasteiger charge is 2.19. The monoisotopic (exact) mass is 521 g/mol. The zero-order valence-corrected chi connectivity index (χ0v) is 23.0. The maximum atomic E-state index is 5.04. The first kappa shape index (κ1) is 25.6. The van der Waals surface area contributed by atoms with Gasteiger partial charge < -0.3 is 15.2 Å². The third kappa shape index (κ3) is 5.41. The van der Waals surface area contributed by atoms with Crippen LogP contribution in [-0.4, -0.2) is 51.3 Å². The van der Waals surface area contributed by atoms with Crippen molar-refractivity contribution in [3.63, 3.8) is 0 Å². The number of hydrogen-bond acceptors (Lipinski definition) is 5. The Morgan fingerprint density at radius 2 is 1.95 bits per heavy atom. The second-order valence-electron chi connectivity index (χ2n) is 11.0. The lowest BCUT2D eigenvalue weighted by Gasteiger charge is -2.28. The van der Waals surface area contributed by atoms with Crippen molar-refractivity contribution >= 4 is 33.2 Å². The van der Waals surface area contributed by atoms with Crippen molar-refractivity contribution < 1.29 is 0 Å². The van der Waals surface area contributed by atoms with Gasteiger partial charge in [0.05, 0.1) is 29.1 Å². The summed E-state index contributed by atoms with van der Waals surface area (Å²) in [7, 11) is 0. The summed E-state index contributed by atoms with van der Waals surface area (Å²) in [5, 5.41) is 12.6. The van der Waals surface area contributed by atoms with Gasteiger partial charge in [0.1, 0.15) is 11.2 Å². The number of piperidine rings is 1. The van der Waals surface area contributed by atoms with E-state index in [4.69, 9.17) is 4.98 Å². The molecule has 0 radical (unpaired) electrons. The Kier molecular flexibility index (Phi) is 7.59. The minimum Gasteiger partial charge on any atom is -0.368 e. The summed E-state index contributed by atoms with van der Waals surface area (Å²) in [6.07, 6.45) is 19.4. The van der Waals surface area contributed by atoms with Gasteiger partial charge in [-0.3, -0.25) is 10.1 Å². The number of H-pyrrole nitrogens is 2. The van der Waals surface area contributed by atoms with Gasteiger partial charge in [-0.2, -0.15) is 5.10 Å². The summed E-state index contributed by atoms with van der Waals surface area (Å²) >= 11 is 0. The standard InChI is InChI=1S/C32H39N7/c1-3-22(18-33-19-23-10-6-7-11-23)16-24(4-2)25-12-13-27-26(17-25)30(38-37-27)32-35-28-20-34-21-29(31(28)36-32)39-14-8-5-9-15-39/h3-4,12-13,16-17,20-21,23,33H,1,5-11,14-15,18-19H2,2H3,(H,35,36)(H,37,38)/b22-16+,24-4+. The number of pyridine rings is 1. The molecule has 4 aromatic rings. The van der Waals surface area contributed by atoms with Crippen LogP contribution >= 0.6 is 0 Å². The molecular formula is C32H39N7. The highest BCUT2D eigenvalue weighted by molar-refractivity contribution is 5.97. The lowest BCUT2D eigenvalue weighted by atomic mass is 10.00. The number of fused-ring (bicyclic) bond motifs is 2. The molecule has 39 heavy (non-hydrogen) atoms. The van der Waals surface area contributed by atoms with E-state index in [1.807, 2.05) is 18.5 Å². The predicted molar refractivity (Wildman–Crippen MR) is 162 cm³/mol. The normalized spacial score (nSPS) is 17.5. The fourth-order valence-electron chi connectivity index (χ4n) is 6.12. The summed E-state index contributed by atoms with van der Waals surface area (Å²) in [5.74, 6) is 1.59. The first-order chi connectivity index (χ1) is 19.2. The molecular weight excluding hydrogens is 482 g/mol. The lowest BCUT2D eigenvalue weighted by Crippen LogP contribution is -2.29. The number of aromatic nitrogens is 5. The largest absolute Gasteiger partial charge is 0.368 e. The van der Waals surface area contributed by atoms with Crippen LogP contribution in [0, 0.1) is 5.92 Å². The van der Waals surface area contributed by atoms with Crippen LogP contribution in [0.3, 0.4) is 0 Å². The molecule has 3 aromatic heterocycles. The van der Waals surface area contributed by atoms with E-state index in [1.165, 1.54) is 56.1 Å². The molecule has 0 bridgehead atoms. The van der Waals surface area contributed by atoms with E-state index in [0.29, 0.717) is 0 Å². The van der Waals surface area contributed by atoms with E-state index in [-0.39, 0.29) is 0 Å². The number of aromatic amines is 2. The van der Waals surface area contributed by atoms with Crippen LogP contribution < -0.4 is 10.2 Å². The molecule has 3 N–H and O–H groups in total. The maximum absolute atomic E-state index is 5.04. The summed E-state index contributed by atoms with van der Waals surface area (Å²) in [5.41, 5.74) is 8.35. The zero-order chi connectivity index (χ0) is 26.6. The van der Waals surface area contributed by atoms with E-state index in [1.54, 1.807) is 0 Å². The molecule has 0 amide bonds. The van der Waals surface area contributed by atoms with Crippen molar-refractivity contribution in [3.05, 3.63) is 66.5 Å². The summed E-state index contributed by atoms with van der Waals surface area (Å²) in [4.78, 5) is 15.4. The third-order valence-electron chi connectivity index (χ3n) is 8.34. The van der Waals surface area contributed by atoms with Gasteiger partial charge in [0.2, 0.25) is 0 Å². The lowest BCUT2D eigenvalue weighted by molar-refractivity contribution is 0.503. The maximum Gasteiger partial charge on any atom is 0.159 e. The fraction of sp³-hybridized carbons (Fsp3) is 0.406. The smallest absolute Gasteiger partial charge is 0.159 e. The van der Waals surface area contributed by atoms with Gasteiger partial charge in [-0.15, -0.1) is 0 Å². The molecule has 1 aliphatic heterocycles. The molecule has 7 heteroatoms. The Bertz CT molecular complexity index is 1510. The molecule has 202 valence electrons. The second kappa shape index (κ2) is 11.6. The molecule has 1 saturated carbocycles. The Hall–Kier alpha value is -3.71. The quantitative estimate of drug-likeness (QED) is 0.211. The summed E-state index contributed by atoms with van der Waals surface area (Å²) in [6.45, 7) is 10.2. The van der Waals surface area contributed by atoms with E-state index >= 15 is 0 Å². The number of nitrogens with one attached hydrogen (secondary N) is 3. The molecule has 7 nitrogen and oxygen atoms in total. The Morgan fingerprint density at radius 1 is 1.10 bits per heavy atom. The fourth-order valence-corrected chi connectivity index (χ4v) is 6.12. The van der Waals surface area contributed by atoms with Crippen LogP contribution in [0.25, 0.3) is 39.0 Å². The van der Waals surface area contributed by atoms with Crippen molar-refractivity contribution in [1.29, 1.82) is 0 Å². The highest BCUT2D eigenvalue weighted by atomic mass is 15.2. The van der Waals surface area contributed by atoms with Gasteiger partial charge in [-0.05, 0) is 80.3 Å². The van der Waals surface area contributed by atoms with Crippen molar-refractivity contribution in [3.8, 4) is 11.5 Å². The molecule has 6 rings (SSSR count). The molecule has 1 saturated heterocycles. The Labute approximate surface area is 230 Å². The molecule has 0 atom stereocenters. The first-order valence-electron chi connectivity index (χ1n) is 14.5. The number of hydrogen-bond donors (Lipinski definition) is 3. The zero-order valence-electron chi connectivity index (χ0n) is 23.0. The van der Waals surface area contributed by atoms with Gasteiger partial charge >= 0.3 is 0 Å². The minimum absolute atomic E-state index is 0.764. The molecule has 1 aromatic carbocycles. The van der Waals surface area contributed by atoms with E-state index in [9.17, 15) is 0 Å². The molecule has 0 spiro atoms. The molecule has 0 unspecified atom stereocenters. The van der Waals surface area contributed by atoms with Crippen LogP contribution in [0.4, 0.5) is 5.69 Å². The van der Waals surface area contributed by atoms with Crippen molar-refractivity contribution in [1.82, 2.24) is 30.5 Å². The van der Waals surface area contributed by atoms with Gasteiger partial charge in [0.15, 0.2) is 5.82 Å². The van der Waals surface area contributed by atoms with Crippen LogP contribution in [0.2, 0.25) is 0 Å². The number of benzene rings is 1. The van der Waals surface area contributed by atoms with Crippen molar-refractivity contribution in [2.24, 2.45) is 5.92 Å². The van der Waals surface area contributed by atoms with E-state index in [0.717, 1.165) is 76.8 Å². The van der Waals surface area contributed by atoms with Crippen LogP contribution in [0.15, 0.2) is 61.0 Å². The van der Waals surface area contributed by atoms with E-state index in [2.05, 4.69) is 74.2 Å². The van der Waals surface area contributed by atoms with Gasteiger partial charge in [0.25, 0.3) is 0 Å². The van der Waals surface area contributed by atoms with Crippen LogP contribution in [-0.2, 0) is 0 Å². The molecule has 2 fully saturated rings. The van der Waals surface area contributed by atoms with Crippen LogP contribution in [0.5, 0.6) is 0 Å². The summed E-state index contributed by atoms with van der Waals surface area (Å²) in [6, 6.07) is 6.47. The molecule has 2 aliphatic rings. The van der Waals surface area contributed by atoms with Gasteiger partial charge in [0, 0.05) is 25.0 Å². The second-order valence-corrected chi connectivity index (χ2v) is 11.0. The van der Waals surface area contributed by atoms with Crippen molar-refractivity contribution in [2.45, 2.75) is 51.9 Å². The Morgan fingerprint density at radius 3 is 2.74 bits per heavy atom. The topological polar surface area (TPSA) is 85.5 Å². The first-order valence-corrected chi connectivity index (χ1v) is 14.5. The number of anilines is 1. The molecule has 4 heterocycles. The Balaban J connectivity index is 1.28. The average Bonchev–Trinajstić information content (AvgIpc) is 3.74. The van der Waals surface area contributed by atoms with Crippen molar-refractivity contribution in [2.75, 3.05) is 31.1 Å². The third-order valence-corrected chi connectivity index (χ3v) is 8.34. The number of nitrogens with zero attached hydrogens (tertiary/aromatic N) is 4. The minimum atomic E-state index is 0.764. The average molecular weight is 522 g/mol. The van der Waals surface area contributed by atoms with Gasteiger partial charge in [-0.1, -0.05) is 43.7 Å². The van der Waals surface area contributed by atoms with Crippen LogP contribution in [0.1, 0.15) is 57.4 Å². The predicted octanol–water partition coefficient (Wildman–Crippen LogP) is 6.79.